The van der Waals surface area contributed by atoms with Crippen LogP contribution in [-0.4, -0.2) is 8.80 Å². The van der Waals surface area contributed by atoms with E-state index in [1.54, 1.807) is 0 Å². The molecule has 66 heavy (non-hydrogen) atoms. The Hall–Kier alpha value is -7.82. The van der Waals surface area contributed by atoms with Gasteiger partial charge < -0.3 is 18.6 Å². The molecule has 0 saturated carbocycles. The second kappa shape index (κ2) is 13.8. The number of nitrogens with zero attached hydrogens (tertiary/aromatic N) is 4. The summed E-state index contributed by atoms with van der Waals surface area (Å²) in [4.78, 5) is 4.83. The summed E-state index contributed by atoms with van der Waals surface area (Å²) >= 11 is 0. The van der Waals surface area contributed by atoms with Crippen LogP contribution in [0.3, 0.4) is 0 Å². The molecule has 0 spiro atoms. The third-order valence-corrected chi connectivity index (χ3v) is 14.1. The molecule has 0 fully saturated rings. The Morgan fingerprint density at radius 3 is 0.879 bits per heavy atom. The van der Waals surface area contributed by atoms with Crippen LogP contribution in [0, 0.1) is 0 Å². The van der Waals surface area contributed by atoms with Crippen molar-refractivity contribution in [3.8, 4) is 0 Å². The maximum Gasteiger partial charge on any atom is 0.0622 e. The summed E-state index contributed by atoms with van der Waals surface area (Å²) in [5, 5.41) is 10.1. The predicted molar refractivity (Wildman–Crippen MR) is 283 cm³/mol. The first-order valence-corrected chi connectivity index (χ1v) is 23.3. The molecular weight excluding hydrogens is 801 g/mol. The lowest BCUT2D eigenvalue weighted by molar-refractivity contribution is 0.594. The van der Waals surface area contributed by atoms with E-state index < -0.39 is 0 Å². The van der Waals surface area contributed by atoms with Crippen LogP contribution >= 0.6 is 0 Å². The number of para-hydroxylation sites is 6. The summed E-state index contributed by atoms with van der Waals surface area (Å²) in [5.74, 6) is 0. The lowest BCUT2D eigenvalue weighted by Crippen LogP contribution is -2.12. The van der Waals surface area contributed by atoms with E-state index in [1.165, 1.54) is 87.3 Å². The molecule has 0 amide bonds. The van der Waals surface area contributed by atoms with Gasteiger partial charge >= 0.3 is 0 Å². The van der Waals surface area contributed by atoms with Crippen molar-refractivity contribution in [1.29, 1.82) is 0 Å². The van der Waals surface area contributed by atoms with Crippen molar-refractivity contribution in [2.24, 2.45) is 0 Å². The average Bonchev–Trinajstić information content (AvgIpc) is 4.05. The number of fused-ring (bicyclic) bond motifs is 12. The van der Waals surface area contributed by atoms with E-state index in [9.17, 15) is 0 Å². The van der Waals surface area contributed by atoms with Crippen LogP contribution in [-0.2, 0) is 10.8 Å². The van der Waals surface area contributed by atoms with E-state index in [0.717, 1.165) is 34.1 Å². The van der Waals surface area contributed by atoms with Crippen LogP contribution in [0.5, 0.6) is 0 Å². The lowest BCUT2D eigenvalue weighted by atomic mass is 9.85. The highest BCUT2D eigenvalue weighted by Crippen LogP contribution is 2.51. The van der Waals surface area contributed by atoms with Crippen molar-refractivity contribution >= 4 is 110 Å². The van der Waals surface area contributed by atoms with E-state index in [-0.39, 0.29) is 10.8 Å². The maximum atomic E-state index is 2.61. The van der Waals surface area contributed by atoms with Crippen LogP contribution in [0.25, 0.3) is 76.2 Å². The fourth-order valence-electron chi connectivity index (χ4n) is 11.3. The summed E-state index contributed by atoms with van der Waals surface area (Å²) in [6.45, 7) is 14.1. The molecule has 0 N–H and O–H groups in total. The standard InChI is InChI=1S/C62H50N4/c1-61(2,3)53-31-19-29-45-49-33-43(63(39-21-11-7-12-22-39)40-23-13-8-14-24-40)35-51-47-38-56-48(37-55(47)65(57(49)51)59(45)53)52-36-44(64(41-25-15-9-16-26-41)42-27-17-10-18-28-42)34-50-46-30-20-32-54(62(4,5)6)60(46)66(56)58(50)52/h7-38H,1-6H3. The van der Waals surface area contributed by atoms with Crippen LogP contribution in [0.4, 0.5) is 34.1 Å². The minimum absolute atomic E-state index is 0.0879. The largest absolute Gasteiger partial charge is 0.310 e. The normalized spacial score (nSPS) is 12.7. The molecule has 0 aliphatic carbocycles. The highest BCUT2D eigenvalue weighted by molar-refractivity contribution is 6.30. The third-order valence-electron chi connectivity index (χ3n) is 14.1. The fraction of sp³-hybridized carbons (Fsp3) is 0.129. The molecule has 4 heteroatoms. The van der Waals surface area contributed by atoms with Gasteiger partial charge in [0.05, 0.1) is 33.1 Å². The Labute approximate surface area is 384 Å². The van der Waals surface area contributed by atoms with Crippen molar-refractivity contribution in [3.05, 3.63) is 205 Å². The lowest BCUT2D eigenvalue weighted by Gasteiger charge is -2.25. The summed E-state index contributed by atoms with van der Waals surface area (Å²) < 4.78 is 5.23. The molecule has 13 aromatic rings. The van der Waals surface area contributed by atoms with Crippen molar-refractivity contribution in [2.75, 3.05) is 9.80 Å². The summed E-state index contributed by atoms with van der Waals surface area (Å²) in [7, 11) is 0. The highest BCUT2D eigenvalue weighted by atomic mass is 15.1. The summed E-state index contributed by atoms with van der Waals surface area (Å²) in [6.07, 6.45) is 0. The minimum atomic E-state index is -0.0879. The average molecular weight is 851 g/mol. The molecule has 0 aliphatic heterocycles. The smallest absolute Gasteiger partial charge is 0.0622 e. The van der Waals surface area contributed by atoms with Crippen LogP contribution in [0.15, 0.2) is 194 Å². The maximum absolute atomic E-state index is 2.61. The zero-order valence-corrected chi connectivity index (χ0v) is 38.3. The third kappa shape index (κ3) is 5.51. The second-order valence-electron chi connectivity index (χ2n) is 20.3. The van der Waals surface area contributed by atoms with Gasteiger partial charge in [-0.3, -0.25) is 0 Å². The molecule has 0 aliphatic rings. The molecule has 13 rings (SSSR count). The van der Waals surface area contributed by atoms with Crippen molar-refractivity contribution in [2.45, 2.75) is 52.4 Å². The predicted octanol–water partition coefficient (Wildman–Crippen LogP) is 17.5. The summed E-state index contributed by atoms with van der Waals surface area (Å²) in [6, 6.07) is 72.0. The van der Waals surface area contributed by atoms with E-state index in [4.69, 9.17) is 0 Å². The number of aromatic nitrogens is 2. The number of hydrogen-bond acceptors (Lipinski definition) is 2. The van der Waals surface area contributed by atoms with Gasteiger partial charge in [-0.2, -0.15) is 0 Å². The van der Waals surface area contributed by atoms with Crippen molar-refractivity contribution < 1.29 is 0 Å². The van der Waals surface area contributed by atoms with Gasteiger partial charge in [-0.25, -0.2) is 0 Å². The van der Waals surface area contributed by atoms with Crippen LogP contribution < -0.4 is 9.80 Å². The fourth-order valence-corrected chi connectivity index (χ4v) is 11.3. The Bertz CT molecular complexity index is 3640. The van der Waals surface area contributed by atoms with E-state index in [2.05, 4.69) is 254 Å². The highest BCUT2D eigenvalue weighted by Gasteiger charge is 2.30. The molecule has 0 unspecified atom stereocenters. The number of benzene rings is 9. The van der Waals surface area contributed by atoms with Gasteiger partial charge in [-0.15, -0.1) is 0 Å². The van der Waals surface area contributed by atoms with Gasteiger partial charge in [0, 0.05) is 77.2 Å². The quantitative estimate of drug-likeness (QED) is 0.166. The van der Waals surface area contributed by atoms with E-state index in [1.807, 2.05) is 0 Å². The first kappa shape index (κ1) is 38.6. The second-order valence-corrected chi connectivity index (χ2v) is 20.3. The number of rotatable bonds is 6. The Balaban J connectivity index is 1.22. The molecule has 0 radical (unpaired) electrons. The molecule has 318 valence electrons. The van der Waals surface area contributed by atoms with E-state index >= 15 is 0 Å². The van der Waals surface area contributed by atoms with Crippen LogP contribution in [0.2, 0.25) is 0 Å². The molecule has 0 saturated heterocycles. The molecule has 9 aromatic carbocycles. The minimum Gasteiger partial charge on any atom is -0.310 e. The zero-order chi connectivity index (χ0) is 44.6. The molecule has 0 bridgehead atoms. The molecular formula is C62H50N4. The van der Waals surface area contributed by atoms with Crippen LogP contribution in [0.1, 0.15) is 52.7 Å². The monoisotopic (exact) mass is 850 g/mol. The van der Waals surface area contributed by atoms with E-state index in [0.29, 0.717) is 0 Å². The Kier molecular flexibility index (Phi) is 8.10. The van der Waals surface area contributed by atoms with Gasteiger partial charge in [0.2, 0.25) is 0 Å². The SMILES string of the molecule is CC(C)(C)c1cccc2c3cc(N(c4ccccc4)c4ccccc4)cc4c5cc6c(cc5n(c12)c43)c1cc(N(c2ccccc2)c2ccccc2)cc2c3cccc(C(C)(C)C)c3n6c12. The molecule has 4 heterocycles. The number of hydrogen-bond donors (Lipinski definition) is 0. The molecule has 4 aromatic heterocycles. The Morgan fingerprint density at radius 1 is 0.273 bits per heavy atom. The van der Waals surface area contributed by atoms with Gasteiger partial charge in [0.15, 0.2) is 0 Å². The van der Waals surface area contributed by atoms with Gasteiger partial charge in [-0.1, -0.05) is 151 Å². The van der Waals surface area contributed by atoms with Gasteiger partial charge in [-0.05, 0) is 107 Å². The zero-order valence-electron chi connectivity index (χ0n) is 38.3. The first-order chi connectivity index (χ1) is 32.0. The topological polar surface area (TPSA) is 15.3 Å². The number of anilines is 6. The van der Waals surface area contributed by atoms with Gasteiger partial charge in [0.1, 0.15) is 0 Å². The summed E-state index contributed by atoms with van der Waals surface area (Å²) in [5.41, 5.74) is 16.9. The van der Waals surface area contributed by atoms with Crippen molar-refractivity contribution in [3.63, 3.8) is 0 Å². The molecule has 4 nitrogen and oxygen atoms in total. The van der Waals surface area contributed by atoms with Crippen molar-refractivity contribution in [1.82, 2.24) is 8.80 Å². The molecule has 0 atom stereocenters. The van der Waals surface area contributed by atoms with Gasteiger partial charge in [0.25, 0.3) is 0 Å². The first-order valence-electron chi connectivity index (χ1n) is 23.3. The Morgan fingerprint density at radius 2 is 0.576 bits per heavy atom.